The number of amides is 3. The van der Waals surface area contributed by atoms with Crippen LogP contribution >= 0.6 is 23.2 Å². The SMILES string of the molecule is C[C@@H](C(=O)Nc1cc(Cl)cc(Cl)c1)N1C(=O)c2cccc([N+](=O)[O-])c2C1=O. The van der Waals surface area contributed by atoms with Crippen molar-refractivity contribution in [3.8, 4) is 0 Å². The molecule has 8 nitrogen and oxygen atoms in total. The average molecular weight is 408 g/mol. The number of fused-ring (bicyclic) bond motifs is 1. The number of nitrogens with zero attached hydrogens (tertiary/aromatic N) is 2. The fourth-order valence-corrected chi connectivity index (χ4v) is 3.31. The lowest BCUT2D eigenvalue weighted by atomic mass is 10.1. The summed E-state index contributed by atoms with van der Waals surface area (Å²) in [6, 6.07) is 6.91. The van der Waals surface area contributed by atoms with Gasteiger partial charge in [0.15, 0.2) is 0 Å². The monoisotopic (exact) mass is 407 g/mol. The van der Waals surface area contributed by atoms with E-state index in [0.717, 1.165) is 6.07 Å². The van der Waals surface area contributed by atoms with E-state index in [4.69, 9.17) is 23.2 Å². The highest BCUT2D eigenvalue weighted by atomic mass is 35.5. The van der Waals surface area contributed by atoms with E-state index >= 15 is 0 Å². The molecule has 1 aliphatic heterocycles. The second-order valence-electron chi connectivity index (χ2n) is 5.76. The van der Waals surface area contributed by atoms with Crippen molar-refractivity contribution in [2.45, 2.75) is 13.0 Å². The highest BCUT2D eigenvalue weighted by Crippen LogP contribution is 2.32. The van der Waals surface area contributed by atoms with Crippen LogP contribution in [0.5, 0.6) is 0 Å². The fourth-order valence-electron chi connectivity index (χ4n) is 2.78. The predicted molar refractivity (Wildman–Crippen MR) is 98.2 cm³/mol. The van der Waals surface area contributed by atoms with Crippen LogP contribution in [0.2, 0.25) is 10.0 Å². The van der Waals surface area contributed by atoms with E-state index < -0.39 is 34.4 Å². The number of carbonyl (C=O) groups is 3. The molecule has 1 aliphatic rings. The highest BCUT2D eigenvalue weighted by Gasteiger charge is 2.44. The van der Waals surface area contributed by atoms with E-state index in [2.05, 4.69) is 5.32 Å². The zero-order valence-corrected chi connectivity index (χ0v) is 15.2. The zero-order valence-electron chi connectivity index (χ0n) is 13.7. The van der Waals surface area contributed by atoms with Gasteiger partial charge in [-0.3, -0.25) is 29.4 Å². The van der Waals surface area contributed by atoms with Crippen LogP contribution in [0.1, 0.15) is 27.6 Å². The minimum absolute atomic E-state index is 0.111. The third kappa shape index (κ3) is 3.36. The summed E-state index contributed by atoms with van der Waals surface area (Å²) in [4.78, 5) is 48.8. The number of benzene rings is 2. The van der Waals surface area contributed by atoms with Crippen LogP contribution < -0.4 is 5.32 Å². The Bertz CT molecular complexity index is 988. The van der Waals surface area contributed by atoms with Gasteiger partial charge in [-0.15, -0.1) is 0 Å². The number of nitro groups is 1. The number of halogens is 2. The van der Waals surface area contributed by atoms with Gasteiger partial charge in [-0.1, -0.05) is 29.3 Å². The Hall–Kier alpha value is -2.97. The first-order valence-electron chi connectivity index (χ1n) is 7.63. The van der Waals surface area contributed by atoms with Gasteiger partial charge in [0.25, 0.3) is 17.5 Å². The molecule has 0 saturated heterocycles. The fraction of sp³-hybridized carbons (Fsp3) is 0.118. The van der Waals surface area contributed by atoms with Crippen molar-refractivity contribution >= 4 is 52.3 Å². The van der Waals surface area contributed by atoms with Gasteiger partial charge >= 0.3 is 0 Å². The van der Waals surface area contributed by atoms with Crippen molar-refractivity contribution in [2.75, 3.05) is 5.32 Å². The second kappa shape index (κ2) is 6.98. The first kappa shape index (κ1) is 18.8. The van der Waals surface area contributed by atoms with Gasteiger partial charge in [0.05, 0.1) is 10.5 Å². The molecule has 10 heteroatoms. The van der Waals surface area contributed by atoms with Gasteiger partial charge < -0.3 is 5.32 Å². The molecular weight excluding hydrogens is 397 g/mol. The number of anilines is 1. The smallest absolute Gasteiger partial charge is 0.282 e. The van der Waals surface area contributed by atoms with Crippen LogP contribution in [-0.4, -0.2) is 33.6 Å². The van der Waals surface area contributed by atoms with E-state index in [1.54, 1.807) is 0 Å². The Balaban J connectivity index is 1.89. The normalized spacial score (nSPS) is 14.1. The summed E-state index contributed by atoms with van der Waals surface area (Å²) in [5, 5.41) is 14.3. The summed E-state index contributed by atoms with van der Waals surface area (Å²) in [5.74, 6) is -2.34. The Labute approximate surface area is 162 Å². The van der Waals surface area contributed by atoms with Crippen molar-refractivity contribution in [3.63, 3.8) is 0 Å². The molecule has 1 N–H and O–H groups in total. The minimum Gasteiger partial charge on any atom is -0.324 e. The van der Waals surface area contributed by atoms with Gasteiger partial charge in [-0.25, -0.2) is 0 Å². The molecule has 0 spiro atoms. The van der Waals surface area contributed by atoms with E-state index in [1.807, 2.05) is 0 Å². The number of nitro benzene ring substituents is 1. The third-order valence-electron chi connectivity index (χ3n) is 4.02. The maximum Gasteiger partial charge on any atom is 0.282 e. The molecule has 0 radical (unpaired) electrons. The largest absolute Gasteiger partial charge is 0.324 e. The van der Waals surface area contributed by atoms with E-state index in [1.165, 1.54) is 37.3 Å². The molecule has 2 aromatic rings. The number of rotatable bonds is 4. The van der Waals surface area contributed by atoms with Crippen molar-refractivity contribution in [1.82, 2.24) is 4.90 Å². The first-order valence-corrected chi connectivity index (χ1v) is 8.38. The first-order chi connectivity index (χ1) is 12.7. The molecule has 138 valence electrons. The standard InChI is InChI=1S/C17H11Cl2N3O5/c1-8(15(23)20-11-6-9(18)5-10(19)7-11)21-16(24)12-3-2-4-13(22(26)27)14(12)17(21)25/h2-8H,1H3,(H,20,23)/t8-/m0/s1. The number of carbonyl (C=O) groups excluding carboxylic acids is 3. The van der Waals surface area contributed by atoms with E-state index in [9.17, 15) is 24.5 Å². The Morgan fingerprint density at radius 3 is 2.37 bits per heavy atom. The third-order valence-corrected chi connectivity index (χ3v) is 4.45. The molecular formula is C17H11Cl2N3O5. The van der Waals surface area contributed by atoms with Gasteiger partial charge in [0.2, 0.25) is 5.91 Å². The molecule has 2 aromatic carbocycles. The number of imide groups is 1. The van der Waals surface area contributed by atoms with Crippen LogP contribution in [0.25, 0.3) is 0 Å². The van der Waals surface area contributed by atoms with Crippen LogP contribution in [0.3, 0.4) is 0 Å². The van der Waals surface area contributed by atoms with Gasteiger partial charge in [-0.2, -0.15) is 0 Å². The molecule has 1 atom stereocenters. The minimum atomic E-state index is -1.21. The molecule has 27 heavy (non-hydrogen) atoms. The molecule has 0 unspecified atom stereocenters. The quantitative estimate of drug-likeness (QED) is 0.473. The summed E-state index contributed by atoms with van der Waals surface area (Å²) in [7, 11) is 0. The molecule has 0 fully saturated rings. The van der Waals surface area contributed by atoms with E-state index in [-0.39, 0.29) is 16.8 Å². The summed E-state index contributed by atoms with van der Waals surface area (Å²) in [6.07, 6.45) is 0. The van der Waals surface area contributed by atoms with Crippen molar-refractivity contribution in [1.29, 1.82) is 0 Å². The molecule has 1 heterocycles. The Kier molecular flexibility index (Phi) is 4.86. The summed E-state index contributed by atoms with van der Waals surface area (Å²) in [6.45, 7) is 1.34. The summed E-state index contributed by atoms with van der Waals surface area (Å²) >= 11 is 11.8. The number of hydrogen-bond donors (Lipinski definition) is 1. The van der Waals surface area contributed by atoms with Crippen molar-refractivity contribution < 1.29 is 19.3 Å². The second-order valence-corrected chi connectivity index (χ2v) is 6.63. The molecule has 3 rings (SSSR count). The van der Waals surface area contributed by atoms with Gasteiger partial charge in [0.1, 0.15) is 11.6 Å². The van der Waals surface area contributed by atoms with Crippen LogP contribution in [0.4, 0.5) is 11.4 Å². The average Bonchev–Trinajstić information content (AvgIpc) is 2.84. The lowest BCUT2D eigenvalue weighted by Crippen LogP contribution is -2.45. The maximum absolute atomic E-state index is 12.6. The van der Waals surface area contributed by atoms with E-state index in [0.29, 0.717) is 14.9 Å². The lowest BCUT2D eigenvalue weighted by molar-refractivity contribution is -0.385. The molecule has 0 aromatic heterocycles. The topological polar surface area (TPSA) is 110 Å². The van der Waals surface area contributed by atoms with Crippen molar-refractivity contribution in [2.24, 2.45) is 0 Å². The number of nitrogens with one attached hydrogen (secondary N) is 1. The molecule has 0 bridgehead atoms. The van der Waals surface area contributed by atoms with Gasteiger partial charge in [-0.05, 0) is 31.2 Å². The zero-order chi connectivity index (χ0) is 19.9. The van der Waals surface area contributed by atoms with Crippen LogP contribution in [0.15, 0.2) is 36.4 Å². The maximum atomic E-state index is 12.6. The molecule has 3 amide bonds. The lowest BCUT2D eigenvalue weighted by Gasteiger charge is -2.21. The highest BCUT2D eigenvalue weighted by molar-refractivity contribution is 6.35. The Morgan fingerprint density at radius 2 is 1.78 bits per heavy atom. The van der Waals surface area contributed by atoms with Crippen LogP contribution in [0, 0.1) is 10.1 Å². The summed E-state index contributed by atoms with van der Waals surface area (Å²) in [5.41, 5.74) is -0.632. The molecule has 0 aliphatic carbocycles. The molecule has 0 saturated carbocycles. The van der Waals surface area contributed by atoms with Crippen LogP contribution in [-0.2, 0) is 4.79 Å². The Morgan fingerprint density at radius 1 is 1.15 bits per heavy atom. The summed E-state index contributed by atoms with van der Waals surface area (Å²) < 4.78 is 0. The predicted octanol–water partition coefficient (Wildman–Crippen LogP) is 3.52. The van der Waals surface area contributed by atoms with Gasteiger partial charge in [0, 0.05) is 21.8 Å². The van der Waals surface area contributed by atoms with Crippen molar-refractivity contribution in [3.05, 3.63) is 67.7 Å². The number of hydrogen-bond acceptors (Lipinski definition) is 5.